The Hall–Kier alpha value is -2.21. The van der Waals surface area contributed by atoms with Crippen LogP contribution in [-0.2, 0) is 0 Å². The third-order valence-electron chi connectivity index (χ3n) is 3.17. The van der Waals surface area contributed by atoms with Crippen LogP contribution in [0.3, 0.4) is 0 Å². The van der Waals surface area contributed by atoms with Crippen LogP contribution >= 0.6 is 0 Å². The molecule has 0 aliphatic rings. The van der Waals surface area contributed by atoms with E-state index in [9.17, 15) is 4.79 Å². The molecule has 0 bridgehead atoms. The number of aromatic nitrogens is 2. The molecule has 21 heavy (non-hydrogen) atoms. The number of nitrogens with zero attached hydrogens (tertiary/aromatic N) is 2. The lowest BCUT2D eigenvalue weighted by atomic mass is 10.2. The summed E-state index contributed by atoms with van der Waals surface area (Å²) in [5, 5.41) is 21.8. The molecular weight excluding hydrogens is 270 g/mol. The number of carbonyl (C=O) groups is 1. The number of aromatic carboxylic acids is 1. The van der Waals surface area contributed by atoms with E-state index in [1.165, 1.54) is 0 Å². The van der Waals surface area contributed by atoms with Gasteiger partial charge in [-0.15, -0.1) is 0 Å². The first-order chi connectivity index (χ1) is 10.2. The Bertz CT molecular complexity index is 616. The Morgan fingerprint density at radius 1 is 1.10 bits per heavy atom. The SMILES string of the molecule is O=C(O)c1nc(NCCCCCCO)c2ccccc2n1. The maximum atomic E-state index is 11.1. The molecule has 1 aromatic carbocycles. The van der Waals surface area contributed by atoms with Gasteiger partial charge in [0.25, 0.3) is 0 Å². The van der Waals surface area contributed by atoms with E-state index >= 15 is 0 Å². The molecule has 2 rings (SSSR count). The third kappa shape index (κ3) is 4.13. The molecule has 112 valence electrons. The minimum absolute atomic E-state index is 0.198. The Morgan fingerprint density at radius 2 is 1.86 bits per heavy atom. The third-order valence-corrected chi connectivity index (χ3v) is 3.17. The van der Waals surface area contributed by atoms with Gasteiger partial charge in [0.2, 0.25) is 5.82 Å². The van der Waals surface area contributed by atoms with Crippen molar-refractivity contribution >= 4 is 22.7 Å². The van der Waals surface area contributed by atoms with Gasteiger partial charge in [-0.25, -0.2) is 14.8 Å². The number of aliphatic hydroxyl groups is 1. The van der Waals surface area contributed by atoms with Crippen molar-refractivity contribution in [2.24, 2.45) is 0 Å². The van der Waals surface area contributed by atoms with E-state index in [0.717, 1.165) is 31.1 Å². The van der Waals surface area contributed by atoms with Crippen LogP contribution in [0.1, 0.15) is 36.3 Å². The average molecular weight is 289 g/mol. The molecule has 0 aliphatic carbocycles. The number of benzene rings is 1. The van der Waals surface area contributed by atoms with Crippen molar-refractivity contribution in [2.75, 3.05) is 18.5 Å². The minimum atomic E-state index is -1.13. The monoisotopic (exact) mass is 289 g/mol. The molecule has 0 radical (unpaired) electrons. The lowest BCUT2D eigenvalue weighted by Crippen LogP contribution is -2.10. The summed E-state index contributed by atoms with van der Waals surface area (Å²) >= 11 is 0. The molecule has 0 unspecified atom stereocenters. The van der Waals surface area contributed by atoms with Crippen LogP contribution in [0.4, 0.5) is 5.82 Å². The summed E-state index contributed by atoms with van der Waals surface area (Å²) in [5.74, 6) is -0.775. The topological polar surface area (TPSA) is 95.3 Å². The average Bonchev–Trinajstić information content (AvgIpc) is 2.50. The lowest BCUT2D eigenvalue weighted by Gasteiger charge is -2.09. The van der Waals surface area contributed by atoms with Crippen LogP contribution in [0.15, 0.2) is 24.3 Å². The second-order valence-corrected chi connectivity index (χ2v) is 4.78. The number of hydrogen-bond acceptors (Lipinski definition) is 5. The smallest absolute Gasteiger partial charge is 0.374 e. The molecule has 0 saturated carbocycles. The van der Waals surface area contributed by atoms with Gasteiger partial charge < -0.3 is 15.5 Å². The standard InChI is InChI=1S/C15H19N3O3/c19-10-6-2-1-5-9-16-13-11-7-3-4-8-12(11)17-14(18-13)15(20)21/h3-4,7-8,19H,1-2,5-6,9-10H2,(H,20,21)(H,16,17,18). The Kier molecular flexibility index (Phi) is 5.45. The van der Waals surface area contributed by atoms with Gasteiger partial charge in [-0.05, 0) is 25.0 Å². The molecule has 0 saturated heterocycles. The Labute approximate surface area is 122 Å². The van der Waals surface area contributed by atoms with Gasteiger partial charge >= 0.3 is 5.97 Å². The van der Waals surface area contributed by atoms with Crippen LogP contribution in [0.5, 0.6) is 0 Å². The van der Waals surface area contributed by atoms with Crippen molar-refractivity contribution in [2.45, 2.75) is 25.7 Å². The zero-order valence-electron chi connectivity index (χ0n) is 11.7. The van der Waals surface area contributed by atoms with Crippen molar-refractivity contribution in [3.05, 3.63) is 30.1 Å². The number of para-hydroxylation sites is 1. The van der Waals surface area contributed by atoms with Crippen molar-refractivity contribution in [1.29, 1.82) is 0 Å². The van der Waals surface area contributed by atoms with Gasteiger partial charge in [0.1, 0.15) is 5.82 Å². The van der Waals surface area contributed by atoms with E-state index in [2.05, 4.69) is 15.3 Å². The van der Waals surface area contributed by atoms with Crippen LogP contribution < -0.4 is 5.32 Å². The van der Waals surface area contributed by atoms with Crippen molar-refractivity contribution in [3.63, 3.8) is 0 Å². The highest BCUT2D eigenvalue weighted by Crippen LogP contribution is 2.20. The van der Waals surface area contributed by atoms with E-state index in [1.54, 1.807) is 6.07 Å². The number of unbranched alkanes of at least 4 members (excludes halogenated alkanes) is 3. The van der Waals surface area contributed by atoms with Crippen molar-refractivity contribution in [3.8, 4) is 0 Å². The second kappa shape index (κ2) is 7.54. The molecule has 0 atom stereocenters. The zero-order valence-corrected chi connectivity index (χ0v) is 11.7. The Morgan fingerprint density at radius 3 is 2.62 bits per heavy atom. The van der Waals surface area contributed by atoms with E-state index in [4.69, 9.17) is 10.2 Å². The first-order valence-corrected chi connectivity index (χ1v) is 7.07. The summed E-state index contributed by atoms with van der Waals surface area (Å²) in [6.07, 6.45) is 3.77. The van der Waals surface area contributed by atoms with E-state index in [0.29, 0.717) is 17.9 Å². The van der Waals surface area contributed by atoms with Gasteiger partial charge in [0, 0.05) is 18.5 Å². The van der Waals surface area contributed by atoms with E-state index in [-0.39, 0.29) is 12.4 Å². The first-order valence-electron chi connectivity index (χ1n) is 7.07. The molecule has 6 heteroatoms. The quantitative estimate of drug-likeness (QED) is 0.645. The minimum Gasteiger partial charge on any atom is -0.475 e. The van der Waals surface area contributed by atoms with Gasteiger partial charge in [-0.2, -0.15) is 0 Å². The fraction of sp³-hybridized carbons (Fsp3) is 0.400. The predicted octanol–water partition coefficient (Wildman–Crippen LogP) is 2.29. The molecule has 2 aromatic rings. The predicted molar refractivity (Wildman–Crippen MR) is 80.5 cm³/mol. The van der Waals surface area contributed by atoms with Crippen LogP contribution in [0.25, 0.3) is 10.9 Å². The highest BCUT2D eigenvalue weighted by atomic mass is 16.4. The van der Waals surface area contributed by atoms with Crippen LogP contribution in [0, 0.1) is 0 Å². The van der Waals surface area contributed by atoms with E-state index < -0.39 is 5.97 Å². The number of fused-ring (bicyclic) bond motifs is 1. The molecule has 0 fully saturated rings. The lowest BCUT2D eigenvalue weighted by molar-refractivity contribution is 0.0684. The zero-order chi connectivity index (χ0) is 15.1. The van der Waals surface area contributed by atoms with Crippen LogP contribution in [0.2, 0.25) is 0 Å². The summed E-state index contributed by atoms with van der Waals surface area (Å²) in [5.41, 5.74) is 0.618. The van der Waals surface area contributed by atoms with Crippen LogP contribution in [-0.4, -0.2) is 39.3 Å². The maximum Gasteiger partial charge on any atom is 0.374 e. The van der Waals surface area contributed by atoms with Gasteiger partial charge in [0.05, 0.1) is 5.52 Å². The van der Waals surface area contributed by atoms with Crippen molar-refractivity contribution < 1.29 is 15.0 Å². The fourth-order valence-corrected chi connectivity index (χ4v) is 2.10. The molecular formula is C15H19N3O3. The second-order valence-electron chi connectivity index (χ2n) is 4.78. The van der Waals surface area contributed by atoms with Gasteiger partial charge in [-0.3, -0.25) is 0 Å². The number of carboxylic acid groups (broad SMARTS) is 1. The molecule has 0 spiro atoms. The molecule has 6 nitrogen and oxygen atoms in total. The van der Waals surface area contributed by atoms with Gasteiger partial charge in [0.15, 0.2) is 0 Å². The molecule has 1 heterocycles. The van der Waals surface area contributed by atoms with Gasteiger partial charge in [-0.1, -0.05) is 25.0 Å². The summed E-state index contributed by atoms with van der Waals surface area (Å²) < 4.78 is 0. The van der Waals surface area contributed by atoms with Crippen molar-refractivity contribution in [1.82, 2.24) is 9.97 Å². The number of rotatable bonds is 8. The number of carboxylic acids is 1. The largest absolute Gasteiger partial charge is 0.475 e. The summed E-state index contributed by atoms with van der Waals surface area (Å²) in [6, 6.07) is 7.34. The normalized spacial score (nSPS) is 10.7. The molecule has 1 aromatic heterocycles. The number of hydrogen-bond donors (Lipinski definition) is 3. The molecule has 0 aliphatic heterocycles. The summed E-state index contributed by atoms with van der Waals surface area (Å²) in [4.78, 5) is 19.2. The van der Waals surface area contributed by atoms with E-state index in [1.807, 2.05) is 18.2 Å². The Balaban J connectivity index is 2.08. The number of aliphatic hydroxyl groups excluding tert-OH is 1. The number of nitrogens with one attached hydrogen (secondary N) is 1. The first kappa shape index (κ1) is 15.2. The summed E-state index contributed by atoms with van der Waals surface area (Å²) in [7, 11) is 0. The maximum absolute atomic E-state index is 11.1. The fourth-order valence-electron chi connectivity index (χ4n) is 2.10. The molecule has 0 amide bonds. The highest BCUT2D eigenvalue weighted by Gasteiger charge is 2.12. The summed E-state index contributed by atoms with van der Waals surface area (Å²) in [6.45, 7) is 0.942. The highest BCUT2D eigenvalue weighted by molar-refractivity contribution is 5.93. The molecule has 3 N–H and O–H groups in total. The number of anilines is 1.